The van der Waals surface area contributed by atoms with E-state index in [-0.39, 0.29) is 5.41 Å². The van der Waals surface area contributed by atoms with Gasteiger partial charge in [0.15, 0.2) is 0 Å². The third-order valence-electron chi connectivity index (χ3n) is 7.09. The quantitative estimate of drug-likeness (QED) is 0.584. The first-order valence-electron chi connectivity index (χ1n) is 8.42. The van der Waals surface area contributed by atoms with E-state index in [1.165, 1.54) is 51.4 Å². The molecule has 4 aliphatic carbocycles. The Morgan fingerprint density at radius 3 is 2.89 bits per heavy atom. The van der Waals surface area contributed by atoms with Crippen LogP contribution in [-0.2, 0) is 4.79 Å². The molecule has 0 heterocycles. The van der Waals surface area contributed by atoms with Gasteiger partial charge in [0.05, 0.1) is 0 Å². The van der Waals surface area contributed by atoms with Crippen molar-refractivity contribution in [2.45, 2.75) is 64.7 Å². The number of hydrogen-bond acceptors (Lipinski definition) is 1. The van der Waals surface area contributed by atoms with Crippen LogP contribution < -0.4 is 0 Å². The van der Waals surface area contributed by atoms with Crippen molar-refractivity contribution in [3.05, 3.63) is 11.6 Å². The molecule has 0 aromatic heterocycles. The van der Waals surface area contributed by atoms with Crippen molar-refractivity contribution < 1.29 is 4.79 Å². The number of hydrogen-bond donors (Lipinski definition) is 0. The van der Waals surface area contributed by atoms with Gasteiger partial charge in [-0.3, -0.25) is 4.79 Å². The zero-order chi connectivity index (χ0) is 13.0. The zero-order valence-electron chi connectivity index (χ0n) is 12.2. The van der Waals surface area contributed by atoms with Crippen LogP contribution in [0, 0.1) is 29.1 Å². The molecule has 3 saturated carbocycles. The molecule has 1 heteroatoms. The van der Waals surface area contributed by atoms with Gasteiger partial charge in [-0.25, -0.2) is 0 Å². The normalized spacial score (nSPS) is 49.1. The summed E-state index contributed by atoms with van der Waals surface area (Å²) in [5.41, 5.74) is 1.86. The predicted octanol–water partition coefficient (Wildman–Crippen LogP) is 4.52. The van der Waals surface area contributed by atoms with Crippen LogP contribution in [0.15, 0.2) is 11.6 Å². The van der Waals surface area contributed by atoms with Crippen molar-refractivity contribution in [1.29, 1.82) is 0 Å². The Labute approximate surface area is 116 Å². The molecule has 19 heavy (non-hydrogen) atoms. The molecule has 0 spiro atoms. The molecule has 4 aliphatic rings. The number of carbonyl (C=O) groups excluding carboxylic acids is 1. The van der Waals surface area contributed by atoms with Crippen LogP contribution in [-0.4, -0.2) is 5.78 Å². The predicted molar refractivity (Wildman–Crippen MR) is 76.7 cm³/mol. The average molecular weight is 258 g/mol. The minimum Gasteiger partial charge on any atom is -0.299 e. The van der Waals surface area contributed by atoms with Crippen LogP contribution in [0.3, 0.4) is 0 Å². The highest BCUT2D eigenvalue weighted by Gasteiger charge is 2.55. The minimum atomic E-state index is 0.0665. The molecule has 0 aromatic carbocycles. The number of Topliss-reactive ketones (excluding diaryl/α,β-unsaturated/α-hetero) is 1. The maximum atomic E-state index is 12.3. The van der Waals surface area contributed by atoms with Crippen molar-refractivity contribution in [1.82, 2.24) is 0 Å². The lowest BCUT2D eigenvalue weighted by Crippen LogP contribution is -2.46. The van der Waals surface area contributed by atoms with E-state index in [4.69, 9.17) is 0 Å². The summed E-state index contributed by atoms with van der Waals surface area (Å²) < 4.78 is 0. The smallest absolute Gasteiger partial charge is 0.139 e. The second-order valence-corrected chi connectivity index (χ2v) is 7.71. The molecule has 0 aromatic rings. The van der Waals surface area contributed by atoms with Gasteiger partial charge in [0, 0.05) is 11.8 Å². The summed E-state index contributed by atoms with van der Waals surface area (Å²) in [5.74, 6) is 3.99. The van der Waals surface area contributed by atoms with E-state index < -0.39 is 0 Å². The SMILES string of the molecule is C[C@]12CC[C@@H]3C4CCCC=C4CC[C@H]3[C@@H]1CCC2=O. The Morgan fingerprint density at radius 1 is 1.11 bits per heavy atom. The van der Waals surface area contributed by atoms with E-state index in [1.54, 1.807) is 5.57 Å². The summed E-state index contributed by atoms with van der Waals surface area (Å²) in [6.07, 6.45) is 14.0. The van der Waals surface area contributed by atoms with Gasteiger partial charge in [-0.1, -0.05) is 18.6 Å². The monoisotopic (exact) mass is 258 g/mol. The maximum Gasteiger partial charge on any atom is 0.139 e. The summed E-state index contributed by atoms with van der Waals surface area (Å²) in [4.78, 5) is 12.3. The number of fused-ring (bicyclic) bond motifs is 5. The Kier molecular flexibility index (Phi) is 2.69. The van der Waals surface area contributed by atoms with Gasteiger partial charge in [-0.05, 0) is 75.0 Å². The first-order valence-corrected chi connectivity index (χ1v) is 8.42. The average Bonchev–Trinajstić information content (AvgIpc) is 2.75. The number of allylic oxidation sites excluding steroid dienone is 2. The summed E-state index contributed by atoms with van der Waals surface area (Å²) in [7, 11) is 0. The molecule has 4 rings (SSSR count). The summed E-state index contributed by atoms with van der Waals surface area (Å²) >= 11 is 0. The van der Waals surface area contributed by atoms with Crippen LogP contribution in [0.25, 0.3) is 0 Å². The Morgan fingerprint density at radius 2 is 2.00 bits per heavy atom. The minimum absolute atomic E-state index is 0.0665. The number of carbonyl (C=O) groups is 1. The van der Waals surface area contributed by atoms with Gasteiger partial charge in [0.25, 0.3) is 0 Å². The maximum absolute atomic E-state index is 12.3. The highest BCUT2D eigenvalue weighted by atomic mass is 16.1. The van der Waals surface area contributed by atoms with E-state index in [9.17, 15) is 4.79 Å². The van der Waals surface area contributed by atoms with E-state index in [1.807, 2.05) is 0 Å². The van der Waals surface area contributed by atoms with Gasteiger partial charge in [0.1, 0.15) is 5.78 Å². The van der Waals surface area contributed by atoms with Gasteiger partial charge < -0.3 is 0 Å². The molecule has 1 unspecified atom stereocenters. The third-order valence-corrected chi connectivity index (χ3v) is 7.09. The lowest BCUT2D eigenvalue weighted by Gasteiger charge is -2.52. The van der Waals surface area contributed by atoms with E-state index in [0.717, 1.165) is 30.1 Å². The highest BCUT2D eigenvalue weighted by Crippen LogP contribution is 2.60. The van der Waals surface area contributed by atoms with Crippen molar-refractivity contribution in [3.8, 4) is 0 Å². The molecule has 0 radical (unpaired) electrons. The van der Waals surface area contributed by atoms with E-state index in [0.29, 0.717) is 5.78 Å². The first kappa shape index (κ1) is 12.2. The standard InChI is InChI=1S/C18H26O/c1-18-11-10-14-13-5-3-2-4-12(13)6-7-15(14)16(18)8-9-17(18)19/h4,13-16H,2-3,5-11H2,1H3/t13?,14-,15-,16+,18+/m1/s1. The van der Waals surface area contributed by atoms with Crippen molar-refractivity contribution in [2.24, 2.45) is 29.1 Å². The van der Waals surface area contributed by atoms with Crippen LogP contribution >= 0.6 is 0 Å². The first-order chi connectivity index (χ1) is 9.20. The lowest BCUT2D eigenvalue weighted by molar-refractivity contribution is -0.131. The molecule has 104 valence electrons. The van der Waals surface area contributed by atoms with Crippen LogP contribution in [0.2, 0.25) is 0 Å². The second kappa shape index (κ2) is 4.20. The fourth-order valence-electron chi connectivity index (χ4n) is 6.07. The topological polar surface area (TPSA) is 17.1 Å². The fraction of sp³-hybridized carbons (Fsp3) is 0.833. The van der Waals surface area contributed by atoms with Crippen LogP contribution in [0.4, 0.5) is 0 Å². The summed E-state index contributed by atoms with van der Waals surface area (Å²) in [6, 6.07) is 0. The third kappa shape index (κ3) is 1.63. The molecular formula is C18H26O. The molecule has 0 aliphatic heterocycles. The molecule has 1 nitrogen and oxygen atoms in total. The van der Waals surface area contributed by atoms with E-state index in [2.05, 4.69) is 13.0 Å². The Bertz CT molecular complexity index is 435. The summed E-state index contributed by atoms with van der Waals surface area (Å²) in [6.45, 7) is 2.29. The van der Waals surface area contributed by atoms with Gasteiger partial charge in [-0.2, -0.15) is 0 Å². The molecular weight excluding hydrogens is 232 g/mol. The van der Waals surface area contributed by atoms with Gasteiger partial charge in [0.2, 0.25) is 0 Å². The Hall–Kier alpha value is -0.590. The Balaban J connectivity index is 1.65. The zero-order valence-corrected chi connectivity index (χ0v) is 12.2. The van der Waals surface area contributed by atoms with Crippen molar-refractivity contribution in [2.75, 3.05) is 0 Å². The summed E-state index contributed by atoms with van der Waals surface area (Å²) in [5, 5.41) is 0. The molecule has 0 N–H and O–H groups in total. The largest absolute Gasteiger partial charge is 0.299 e. The fourth-order valence-corrected chi connectivity index (χ4v) is 6.07. The molecule has 3 fully saturated rings. The highest BCUT2D eigenvalue weighted by molar-refractivity contribution is 5.87. The number of ketones is 1. The molecule has 0 amide bonds. The van der Waals surface area contributed by atoms with Crippen molar-refractivity contribution in [3.63, 3.8) is 0 Å². The van der Waals surface area contributed by atoms with E-state index >= 15 is 0 Å². The molecule has 0 bridgehead atoms. The van der Waals surface area contributed by atoms with Gasteiger partial charge >= 0.3 is 0 Å². The van der Waals surface area contributed by atoms with Crippen LogP contribution in [0.5, 0.6) is 0 Å². The second-order valence-electron chi connectivity index (χ2n) is 7.71. The molecule has 5 atom stereocenters. The van der Waals surface area contributed by atoms with Crippen molar-refractivity contribution >= 4 is 5.78 Å². The molecule has 0 saturated heterocycles. The van der Waals surface area contributed by atoms with Crippen LogP contribution in [0.1, 0.15) is 64.7 Å². The lowest BCUT2D eigenvalue weighted by atomic mass is 9.52. The number of rotatable bonds is 0. The van der Waals surface area contributed by atoms with Gasteiger partial charge in [-0.15, -0.1) is 0 Å².